The summed E-state index contributed by atoms with van der Waals surface area (Å²) in [6.45, 7) is 5.70. The molecule has 3 heterocycles. The maximum Gasteiger partial charge on any atom is 0.194 e. The molecule has 0 radical (unpaired) electrons. The second kappa shape index (κ2) is 5.11. The molecule has 0 fully saturated rings. The molecule has 0 aliphatic carbocycles. The van der Waals surface area contributed by atoms with Crippen molar-refractivity contribution in [3.05, 3.63) is 52.6 Å². The summed E-state index contributed by atoms with van der Waals surface area (Å²) in [6.07, 6.45) is 4.00. The number of imidazole rings is 1. The van der Waals surface area contributed by atoms with E-state index in [4.69, 9.17) is 0 Å². The molecule has 3 aromatic rings. The van der Waals surface area contributed by atoms with Gasteiger partial charge in [-0.2, -0.15) is 0 Å². The molecule has 3 rings (SSSR count). The van der Waals surface area contributed by atoms with E-state index in [9.17, 15) is 0 Å². The van der Waals surface area contributed by atoms with Crippen LogP contribution in [0.25, 0.3) is 4.96 Å². The number of hydrogen-bond donors (Lipinski definition) is 1. The van der Waals surface area contributed by atoms with E-state index in [1.54, 1.807) is 11.3 Å². The van der Waals surface area contributed by atoms with Crippen molar-refractivity contribution in [2.75, 3.05) is 0 Å². The third-order valence-electron chi connectivity index (χ3n) is 3.16. The SMILES string of the molecule is Cc1ccc(CNCc2c(C)nc3sccn23)cn1. The first-order valence-electron chi connectivity index (χ1n) is 6.27. The molecular formula is C14H16N4S. The van der Waals surface area contributed by atoms with E-state index in [1.807, 2.05) is 19.2 Å². The van der Waals surface area contributed by atoms with Crippen LogP contribution in [-0.2, 0) is 13.1 Å². The van der Waals surface area contributed by atoms with Crippen LogP contribution in [0.1, 0.15) is 22.6 Å². The standard InChI is InChI=1S/C14H16N4S/c1-10-3-4-12(8-16-10)7-15-9-13-11(2)17-14-18(13)5-6-19-14/h3-6,8,15H,7,9H2,1-2H3. The van der Waals surface area contributed by atoms with Gasteiger partial charge in [-0.3, -0.25) is 9.38 Å². The highest BCUT2D eigenvalue weighted by Gasteiger charge is 2.08. The molecule has 19 heavy (non-hydrogen) atoms. The van der Waals surface area contributed by atoms with Crippen LogP contribution in [0.2, 0.25) is 0 Å². The Morgan fingerprint density at radius 3 is 2.95 bits per heavy atom. The second-order valence-electron chi connectivity index (χ2n) is 4.61. The lowest BCUT2D eigenvalue weighted by molar-refractivity contribution is 0.671. The van der Waals surface area contributed by atoms with E-state index in [0.29, 0.717) is 0 Å². The minimum absolute atomic E-state index is 0.817. The first kappa shape index (κ1) is 12.3. The molecule has 0 atom stereocenters. The molecule has 0 bridgehead atoms. The maximum absolute atomic E-state index is 4.54. The summed E-state index contributed by atoms with van der Waals surface area (Å²) in [5.74, 6) is 0. The Bertz CT molecular complexity index is 681. The third kappa shape index (κ3) is 2.52. The minimum Gasteiger partial charge on any atom is -0.307 e. The van der Waals surface area contributed by atoms with Gasteiger partial charge in [0.15, 0.2) is 4.96 Å². The number of hydrogen-bond acceptors (Lipinski definition) is 4. The average Bonchev–Trinajstić information content (AvgIpc) is 2.94. The Kier molecular flexibility index (Phi) is 3.31. The van der Waals surface area contributed by atoms with Crippen molar-refractivity contribution in [1.82, 2.24) is 19.7 Å². The quantitative estimate of drug-likeness (QED) is 0.794. The summed E-state index contributed by atoms with van der Waals surface area (Å²) >= 11 is 1.67. The van der Waals surface area contributed by atoms with Gasteiger partial charge in [-0.25, -0.2) is 4.98 Å². The zero-order chi connectivity index (χ0) is 13.2. The summed E-state index contributed by atoms with van der Waals surface area (Å²) in [5, 5.41) is 5.51. The maximum atomic E-state index is 4.54. The summed E-state index contributed by atoms with van der Waals surface area (Å²) in [4.78, 5) is 9.90. The molecule has 0 aliphatic heterocycles. The first-order chi connectivity index (χ1) is 9.24. The molecule has 3 aromatic heterocycles. The number of aromatic nitrogens is 3. The van der Waals surface area contributed by atoms with E-state index >= 15 is 0 Å². The molecule has 0 unspecified atom stereocenters. The van der Waals surface area contributed by atoms with Gasteiger partial charge < -0.3 is 5.32 Å². The summed E-state index contributed by atoms with van der Waals surface area (Å²) in [6, 6.07) is 4.15. The van der Waals surface area contributed by atoms with Crippen molar-refractivity contribution in [1.29, 1.82) is 0 Å². The van der Waals surface area contributed by atoms with E-state index in [0.717, 1.165) is 29.4 Å². The third-order valence-corrected chi connectivity index (χ3v) is 3.91. The van der Waals surface area contributed by atoms with Crippen molar-refractivity contribution in [2.24, 2.45) is 0 Å². The molecule has 1 N–H and O–H groups in total. The van der Waals surface area contributed by atoms with Crippen LogP contribution >= 0.6 is 11.3 Å². The van der Waals surface area contributed by atoms with E-state index in [-0.39, 0.29) is 0 Å². The predicted molar refractivity (Wildman–Crippen MR) is 77.3 cm³/mol. The molecule has 4 nitrogen and oxygen atoms in total. The van der Waals surface area contributed by atoms with Crippen LogP contribution in [0.3, 0.4) is 0 Å². The molecule has 0 amide bonds. The van der Waals surface area contributed by atoms with Gasteiger partial charge in [0, 0.05) is 36.6 Å². The van der Waals surface area contributed by atoms with Crippen molar-refractivity contribution >= 4 is 16.3 Å². The van der Waals surface area contributed by atoms with Crippen molar-refractivity contribution < 1.29 is 0 Å². The van der Waals surface area contributed by atoms with Gasteiger partial charge in [-0.15, -0.1) is 11.3 Å². The fourth-order valence-corrected chi connectivity index (χ4v) is 2.86. The van der Waals surface area contributed by atoms with Gasteiger partial charge in [-0.1, -0.05) is 6.07 Å². The average molecular weight is 272 g/mol. The highest BCUT2D eigenvalue weighted by atomic mass is 32.1. The smallest absolute Gasteiger partial charge is 0.194 e. The topological polar surface area (TPSA) is 42.2 Å². The number of thiazole rings is 1. The number of fused-ring (bicyclic) bond motifs is 1. The zero-order valence-electron chi connectivity index (χ0n) is 11.1. The molecule has 0 spiro atoms. The summed E-state index contributed by atoms with van der Waals surface area (Å²) in [5.41, 5.74) is 4.59. The van der Waals surface area contributed by atoms with E-state index in [2.05, 4.69) is 44.3 Å². The van der Waals surface area contributed by atoms with Gasteiger partial charge in [0.25, 0.3) is 0 Å². The van der Waals surface area contributed by atoms with E-state index in [1.165, 1.54) is 11.3 Å². The Balaban J connectivity index is 1.67. The van der Waals surface area contributed by atoms with Crippen LogP contribution in [0, 0.1) is 13.8 Å². The molecule has 0 aromatic carbocycles. The number of nitrogens with zero attached hydrogens (tertiary/aromatic N) is 3. The normalized spacial score (nSPS) is 11.3. The van der Waals surface area contributed by atoms with Gasteiger partial charge >= 0.3 is 0 Å². The van der Waals surface area contributed by atoms with Crippen molar-refractivity contribution in [3.63, 3.8) is 0 Å². The molecule has 0 saturated heterocycles. The molecule has 0 saturated carbocycles. The largest absolute Gasteiger partial charge is 0.307 e. The second-order valence-corrected chi connectivity index (χ2v) is 5.48. The van der Waals surface area contributed by atoms with Gasteiger partial charge in [0.2, 0.25) is 0 Å². The van der Waals surface area contributed by atoms with E-state index < -0.39 is 0 Å². The summed E-state index contributed by atoms with van der Waals surface area (Å²) in [7, 11) is 0. The number of rotatable bonds is 4. The monoisotopic (exact) mass is 272 g/mol. The number of aryl methyl sites for hydroxylation is 2. The number of nitrogens with one attached hydrogen (secondary N) is 1. The van der Waals surface area contributed by atoms with Crippen LogP contribution in [0.4, 0.5) is 0 Å². The van der Waals surface area contributed by atoms with Crippen LogP contribution in [0.5, 0.6) is 0 Å². The fraction of sp³-hybridized carbons (Fsp3) is 0.286. The highest BCUT2D eigenvalue weighted by molar-refractivity contribution is 7.15. The zero-order valence-corrected chi connectivity index (χ0v) is 11.9. The Hall–Kier alpha value is -1.72. The van der Waals surface area contributed by atoms with Crippen molar-refractivity contribution in [3.8, 4) is 0 Å². The van der Waals surface area contributed by atoms with Gasteiger partial charge in [0.05, 0.1) is 11.4 Å². The fourth-order valence-electron chi connectivity index (χ4n) is 2.08. The van der Waals surface area contributed by atoms with Gasteiger partial charge in [-0.05, 0) is 25.5 Å². The predicted octanol–water partition coefficient (Wildman–Crippen LogP) is 2.70. The van der Waals surface area contributed by atoms with Crippen LogP contribution in [-0.4, -0.2) is 14.4 Å². The molecule has 98 valence electrons. The number of pyridine rings is 1. The Morgan fingerprint density at radius 1 is 1.26 bits per heavy atom. The van der Waals surface area contributed by atoms with Crippen LogP contribution < -0.4 is 5.32 Å². The summed E-state index contributed by atoms with van der Waals surface area (Å²) < 4.78 is 2.15. The lowest BCUT2D eigenvalue weighted by atomic mass is 10.2. The van der Waals surface area contributed by atoms with Gasteiger partial charge in [0.1, 0.15) is 0 Å². The molecule has 5 heteroatoms. The van der Waals surface area contributed by atoms with Crippen molar-refractivity contribution in [2.45, 2.75) is 26.9 Å². The molecule has 0 aliphatic rings. The lowest BCUT2D eigenvalue weighted by Gasteiger charge is -2.05. The first-order valence-corrected chi connectivity index (χ1v) is 7.15. The Morgan fingerprint density at radius 2 is 2.16 bits per heavy atom. The highest BCUT2D eigenvalue weighted by Crippen LogP contribution is 2.16. The minimum atomic E-state index is 0.817. The molecular weight excluding hydrogens is 256 g/mol. The Labute approximate surface area is 116 Å². The van der Waals surface area contributed by atoms with Crippen LogP contribution in [0.15, 0.2) is 29.9 Å². The lowest BCUT2D eigenvalue weighted by Crippen LogP contribution is -2.14.